The van der Waals surface area contributed by atoms with E-state index < -0.39 is 154 Å². The van der Waals surface area contributed by atoms with Gasteiger partial charge in [0.05, 0.1) is 44.5 Å². The van der Waals surface area contributed by atoms with Crippen LogP contribution < -0.4 is 10.6 Å². The number of anilines is 4. The number of hydrogen-bond donors (Lipinski definition) is 10. The minimum atomic E-state index is -5.62. The number of nitrogens with zero attached hydrogens (tertiary/aromatic N) is 7. The molecule has 0 radical (unpaired) electrons. The number of nitrogens with one attached hydrogen (secondary N) is 2. The smallest absolute Gasteiger partial charge is 0.397 e. The predicted molar refractivity (Wildman–Crippen MR) is 260 cm³/mol. The zero-order valence-electron chi connectivity index (χ0n) is 36.7. The Labute approximate surface area is 431 Å². The van der Waals surface area contributed by atoms with Gasteiger partial charge in [-0.05, 0) is 89.1 Å². The number of rotatable bonds is 18. The quantitative estimate of drug-likeness (QED) is 0.0356. The van der Waals surface area contributed by atoms with E-state index >= 15 is 0 Å². The molecule has 76 heavy (non-hydrogen) atoms. The third-order valence-electron chi connectivity index (χ3n) is 9.95. The van der Waals surface area contributed by atoms with Crippen molar-refractivity contribution in [1.82, 2.24) is 15.0 Å². The number of phenols is 2. The van der Waals surface area contributed by atoms with Crippen molar-refractivity contribution < 1.29 is 97.6 Å². The van der Waals surface area contributed by atoms with Gasteiger partial charge in [0, 0.05) is 11.1 Å². The fraction of sp³-hybridized carbons (Fsp3) is 0.0526. The van der Waals surface area contributed by atoms with Crippen LogP contribution in [0.25, 0.3) is 21.5 Å². The van der Waals surface area contributed by atoms with E-state index in [-0.39, 0.29) is 39.6 Å². The molecule has 0 atom stereocenters. The number of carboxylic acids is 1. The summed E-state index contributed by atoms with van der Waals surface area (Å²) in [6, 6.07) is 13.1. The standard InChI is InChI=1S/C38H28ClN9O22S6/c39-36-42-37(44-38(43-36)41-24-4-2-1-3-22(24)35(51)52)40-19-6-5-17-12-28(74(61,62)63)31(33(49)23(17)14-19)47-46-26-15-21(72(55,56)57)11-18-13-29(75(64,65)66)32(34(50)30(18)26)48-45-25-8-7-20(16-27(25)73(58,59)60)71(53,54)10-9-70-76(67,68)69/h1-8,11-16,49-50H,9-10H2,(H,51,52)(H,55,56,57)(H,58,59,60)(H,61,62,63)(H,64,65,66)(H,67,68,69)(H2,40,41,42,43,44). The molecule has 0 bridgehead atoms. The van der Waals surface area contributed by atoms with Gasteiger partial charge in [0.2, 0.25) is 17.2 Å². The normalized spacial score (nSPS) is 13.0. The van der Waals surface area contributed by atoms with Crippen molar-refractivity contribution in [3.8, 4) is 11.5 Å². The lowest BCUT2D eigenvalue weighted by atomic mass is 10.1. The van der Waals surface area contributed by atoms with Crippen LogP contribution in [0.15, 0.2) is 130 Å². The van der Waals surface area contributed by atoms with Gasteiger partial charge in [-0.2, -0.15) is 57.0 Å². The number of phenolic OH excluding ortho intramolecular Hbond substituents is 2. The first-order valence-corrected chi connectivity index (χ1v) is 28.9. The molecule has 0 saturated heterocycles. The van der Waals surface area contributed by atoms with Gasteiger partial charge in [0.1, 0.15) is 31.7 Å². The third kappa shape index (κ3) is 12.8. The number of para-hydroxylation sites is 1. The van der Waals surface area contributed by atoms with Crippen LogP contribution >= 0.6 is 11.6 Å². The fourth-order valence-corrected chi connectivity index (χ4v) is 11.0. The Balaban J connectivity index is 1.36. The molecule has 1 aromatic heterocycles. The lowest BCUT2D eigenvalue weighted by molar-refractivity contribution is 0.0697. The average molecular weight is 1190 g/mol. The Morgan fingerprint density at radius 3 is 1.75 bits per heavy atom. The number of carbonyl (C=O) groups is 1. The molecule has 0 spiro atoms. The van der Waals surface area contributed by atoms with Gasteiger partial charge in [-0.25, -0.2) is 17.4 Å². The van der Waals surface area contributed by atoms with E-state index in [9.17, 15) is 88.8 Å². The van der Waals surface area contributed by atoms with Crippen LogP contribution in [0.2, 0.25) is 5.28 Å². The summed E-state index contributed by atoms with van der Waals surface area (Å²) in [6.07, 6.45) is 0. The van der Waals surface area contributed by atoms with Crippen molar-refractivity contribution in [2.75, 3.05) is 23.0 Å². The Morgan fingerprint density at radius 2 is 1.16 bits per heavy atom. The highest BCUT2D eigenvalue weighted by Crippen LogP contribution is 2.48. The number of sulfone groups is 1. The summed E-state index contributed by atoms with van der Waals surface area (Å²) in [5.41, 5.74) is -4.42. The van der Waals surface area contributed by atoms with Gasteiger partial charge >= 0.3 is 16.4 Å². The largest absolute Gasteiger partial charge is 0.505 e. The maximum absolute atomic E-state index is 12.8. The molecule has 400 valence electrons. The molecule has 0 aliphatic carbocycles. The summed E-state index contributed by atoms with van der Waals surface area (Å²) >= 11 is 6.11. The molecule has 0 saturated carbocycles. The minimum Gasteiger partial charge on any atom is -0.505 e. The van der Waals surface area contributed by atoms with Crippen molar-refractivity contribution in [2.24, 2.45) is 20.5 Å². The second kappa shape index (κ2) is 20.5. The average Bonchev–Trinajstić information content (AvgIpc) is 3.28. The van der Waals surface area contributed by atoms with Gasteiger partial charge in [-0.3, -0.25) is 22.8 Å². The Morgan fingerprint density at radius 1 is 0.579 bits per heavy atom. The highest BCUT2D eigenvalue weighted by atomic mass is 35.5. The molecule has 0 fully saturated rings. The van der Waals surface area contributed by atoms with Crippen LogP contribution in [0.3, 0.4) is 0 Å². The van der Waals surface area contributed by atoms with Crippen LogP contribution in [0, 0.1) is 0 Å². The van der Waals surface area contributed by atoms with Crippen LogP contribution in [0.5, 0.6) is 11.5 Å². The van der Waals surface area contributed by atoms with Gasteiger partial charge in [-0.1, -0.05) is 18.2 Å². The number of fused-ring (bicyclic) bond motifs is 2. The molecule has 0 amide bonds. The van der Waals surface area contributed by atoms with E-state index in [0.29, 0.717) is 36.4 Å². The first kappa shape index (κ1) is 56.2. The maximum atomic E-state index is 12.8. The monoisotopic (exact) mass is 1190 g/mol. The van der Waals surface area contributed by atoms with Crippen LogP contribution in [-0.4, -0.2) is 122 Å². The lowest BCUT2D eigenvalue weighted by Gasteiger charge is -2.13. The Kier molecular flexibility index (Phi) is 15.2. The first-order valence-electron chi connectivity index (χ1n) is 19.7. The second-order valence-electron chi connectivity index (χ2n) is 15.0. The summed E-state index contributed by atoms with van der Waals surface area (Å²) < 4.78 is 201. The summed E-state index contributed by atoms with van der Waals surface area (Å²) in [6.45, 7) is -1.17. The van der Waals surface area contributed by atoms with E-state index in [0.717, 1.165) is 6.07 Å². The molecular formula is C38H28ClN9O22S6. The van der Waals surface area contributed by atoms with Crippen LogP contribution in [0.1, 0.15) is 10.4 Å². The zero-order valence-corrected chi connectivity index (χ0v) is 42.4. The number of carboxylic acid groups (broad SMARTS) is 1. The molecule has 7 aromatic rings. The summed E-state index contributed by atoms with van der Waals surface area (Å²) in [4.78, 5) is 17.8. The number of aromatic carboxylic acids is 1. The molecular weight excluding hydrogens is 1160 g/mol. The van der Waals surface area contributed by atoms with Gasteiger partial charge in [0.25, 0.3) is 40.5 Å². The predicted octanol–water partition coefficient (Wildman–Crippen LogP) is 5.84. The van der Waals surface area contributed by atoms with Crippen molar-refractivity contribution in [1.29, 1.82) is 0 Å². The second-order valence-corrected chi connectivity index (χ2v) is 24.1. The van der Waals surface area contributed by atoms with E-state index in [1.807, 2.05) is 0 Å². The van der Waals surface area contributed by atoms with Gasteiger partial charge < -0.3 is 26.0 Å². The van der Waals surface area contributed by atoms with Crippen LogP contribution in [-0.2, 0) is 64.9 Å². The maximum Gasteiger partial charge on any atom is 0.397 e. The van der Waals surface area contributed by atoms with Crippen molar-refractivity contribution in [2.45, 2.75) is 24.5 Å². The lowest BCUT2D eigenvalue weighted by Crippen LogP contribution is -2.16. The van der Waals surface area contributed by atoms with E-state index in [1.54, 1.807) is 0 Å². The van der Waals surface area contributed by atoms with E-state index in [4.69, 9.17) is 16.2 Å². The third-order valence-corrected chi connectivity index (χ3v) is 15.7. The first-order chi connectivity index (χ1) is 35.1. The zero-order chi connectivity index (χ0) is 56.1. The SMILES string of the molecule is O=C(O)c1ccccc1Nc1nc(Cl)nc(Nc2ccc3cc(S(=O)(=O)O)c(N=Nc4cc(S(=O)(=O)O)cc5cc(S(=O)(=O)O)c(N=Nc6ccc(S(=O)(=O)CCOS(=O)(=O)O)cc6S(=O)(=O)O)c(O)c45)c(O)c3c2)n1. The molecule has 1 heterocycles. The molecule has 31 nitrogen and oxygen atoms in total. The fourth-order valence-electron chi connectivity index (χ4n) is 6.71. The van der Waals surface area contributed by atoms with Gasteiger partial charge in [0.15, 0.2) is 21.3 Å². The minimum absolute atomic E-state index is 0.0334. The number of aromatic nitrogens is 3. The number of azo groups is 2. The highest BCUT2D eigenvalue weighted by molar-refractivity contribution is 7.91. The molecule has 7 rings (SSSR count). The molecule has 38 heteroatoms. The van der Waals surface area contributed by atoms with Crippen molar-refractivity contribution >= 4 is 146 Å². The highest BCUT2D eigenvalue weighted by Gasteiger charge is 2.29. The van der Waals surface area contributed by atoms with Gasteiger partial charge in [-0.15, -0.1) is 20.5 Å². The van der Waals surface area contributed by atoms with Crippen LogP contribution in [0.4, 0.5) is 46.0 Å². The number of halogens is 1. The summed E-state index contributed by atoms with van der Waals surface area (Å²) in [5.74, 6) is -5.48. The topological polar surface area (TPSA) is 505 Å². The molecule has 10 N–H and O–H groups in total. The molecule has 0 aliphatic rings. The Hall–Kier alpha value is -7.53. The summed E-state index contributed by atoms with van der Waals surface area (Å²) in [7, 11) is -31.6. The molecule has 0 aliphatic heterocycles. The Bertz CT molecular complexity index is 4400. The molecule has 6 aromatic carbocycles. The molecule has 0 unspecified atom stereocenters. The number of benzene rings is 6. The number of aromatic hydroxyl groups is 2. The van der Waals surface area contributed by atoms with E-state index in [2.05, 4.69) is 50.2 Å². The number of hydrogen-bond acceptors (Lipinski definition) is 25. The summed E-state index contributed by atoms with van der Waals surface area (Å²) in [5, 5.41) is 50.3. The van der Waals surface area contributed by atoms with E-state index in [1.165, 1.54) is 42.5 Å². The van der Waals surface area contributed by atoms with Crippen molar-refractivity contribution in [3.05, 3.63) is 95.8 Å². The van der Waals surface area contributed by atoms with Crippen molar-refractivity contribution in [3.63, 3.8) is 0 Å².